The van der Waals surface area contributed by atoms with Gasteiger partial charge < -0.3 is 9.64 Å². The van der Waals surface area contributed by atoms with Gasteiger partial charge in [-0.25, -0.2) is 0 Å². The first-order chi connectivity index (χ1) is 10.4. The topological polar surface area (TPSA) is 13.7 Å². The highest BCUT2D eigenvalue weighted by Gasteiger charge is 2.19. The van der Waals surface area contributed by atoms with E-state index in [1.165, 1.54) is 43.6 Å². The number of nitrogens with one attached hydrogen (secondary N) is 1. The van der Waals surface area contributed by atoms with Crippen LogP contribution in [-0.2, 0) is 5.41 Å². The molecule has 124 valence electrons. The Kier molecular flexibility index (Phi) is 5.91. The van der Waals surface area contributed by atoms with E-state index in [1.54, 1.807) is 4.90 Å². The minimum atomic E-state index is 0.206. The van der Waals surface area contributed by atoms with E-state index in [-0.39, 0.29) is 5.41 Å². The van der Waals surface area contributed by atoms with Crippen LogP contribution in [0.3, 0.4) is 0 Å². The van der Waals surface area contributed by atoms with Crippen molar-refractivity contribution in [2.75, 3.05) is 26.2 Å². The van der Waals surface area contributed by atoms with Crippen molar-refractivity contribution in [1.82, 2.24) is 0 Å². The number of piperidine rings is 1. The summed E-state index contributed by atoms with van der Waals surface area (Å²) in [4.78, 5) is 1.77. The zero-order chi connectivity index (χ0) is 16.2. The number of hydrogen-bond donors (Lipinski definition) is 1. The first-order valence-electron chi connectivity index (χ1n) is 8.94. The highest BCUT2D eigenvalue weighted by molar-refractivity contribution is 5.38. The van der Waals surface area contributed by atoms with Gasteiger partial charge in [-0.15, -0.1) is 0 Å². The van der Waals surface area contributed by atoms with E-state index in [0.29, 0.717) is 0 Å². The molecule has 0 radical (unpaired) electrons. The maximum atomic E-state index is 6.01. The fraction of sp³-hybridized carbons (Fsp3) is 0.700. The van der Waals surface area contributed by atoms with Gasteiger partial charge in [-0.1, -0.05) is 39.8 Å². The maximum absolute atomic E-state index is 6.01. The summed E-state index contributed by atoms with van der Waals surface area (Å²) in [6.45, 7) is 16.1. The summed E-state index contributed by atoms with van der Waals surface area (Å²) in [5.74, 6) is 1.95. The van der Waals surface area contributed by atoms with Crippen molar-refractivity contribution >= 4 is 0 Å². The fourth-order valence-electron chi connectivity index (χ4n) is 3.41. The molecule has 0 aliphatic carbocycles. The van der Waals surface area contributed by atoms with Gasteiger partial charge in [0.25, 0.3) is 0 Å². The van der Waals surface area contributed by atoms with Gasteiger partial charge in [0.05, 0.1) is 26.2 Å². The third kappa shape index (κ3) is 5.01. The van der Waals surface area contributed by atoms with Crippen LogP contribution in [0.4, 0.5) is 0 Å². The number of quaternary nitrogens is 1. The van der Waals surface area contributed by atoms with E-state index in [1.807, 2.05) is 0 Å². The average molecular weight is 304 g/mol. The highest BCUT2D eigenvalue weighted by Crippen LogP contribution is 2.27. The molecule has 1 heterocycles. The van der Waals surface area contributed by atoms with Crippen molar-refractivity contribution in [3.63, 3.8) is 0 Å². The molecule has 2 nitrogen and oxygen atoms in total. The van der Waals surface area contributed by atoms with E-state index in [2.05, 4.69) is 52.8 Å². The fourth-order valence-corrected chi connectivity index (χ4v) is 3.41. The summed E-state index contributed by atoms with van der Waals surface area (Å²) in [6.07, 6.45) is 3.96. The van der Waals surface area contributed by atoms with Gasteiger partial charge in [0.2, 0.25) is 0 Å². The number of hydrogen-bond acceptors (Lipinski definition) is 1. The largest absolute Gasteiger partial charge is 0.493 e. The third-order valence-electron chi connectivity index (χ3n) is 4.84. The van der Waals surface area contributed by atoms with Crippen LogP contribution in [0.1, 0.15) is 58.1 Å². The molecule has 2 atom stereocenters. The normalized spacial score (nSPS) is 22.6. The Balaban J connectivity index is 1.77. The summed E-state index contributed by atoms with van der Waals surface area (Å²) in [5, 5.41) is 0. The maximum Gasteiger partial charge on any atom is 0.122 e. The molecular weight excluding hydrogens is 270 g/mol. The molecule has 1 fully saturated rings. The predicted octanol–water partition coefficient (Wildman–Crippen LogP) is 3.38. The van der Waals surface area contributed by atoms with Crippen molar-refractivity contribution in [3.05, 3.63) is 29.3 Å². The van der Waals surface area contributed by atoms with E-state index >= 15 is 0 Å². The van der Waals surface area contributed by atoms with E-state index in [9.17, 15) is 0 Å². The number of ether oxygens (including phenoxy) is 1. The quantitative estimate of drug-likeness (QED) is 0.823. The third-order valence-corrected chi connectivity index (χ3v) is 4.84. The molecular formula is C20H34NO+. The highest BCUT2D eigenvalue weighted by atomic mass is 16.5. The Morgan fingerprint density at radius 1 is 1.27 bits per heavy atom. The standard InChI is InChI=1S/C20H33NO/c1-16-8-6-11-21(15-16)12-7-13-22-19-10-9-18(14-17(19)2)20(3,4)5/h9-10,14,16H,6-8,11-13,15H2,1-5H3/p+1/t16-/m0/s1. The lowest BCUT2D eigenvalue weighted by Crippen LogP contribution is -3.13. The lowest BCUT2D eigenvalue weighted by Gasteiger charge is -2.27. The molecule has 1 aliphatic rings. The van der Waals surface area contributed by atoms with Gasteiger partial charge in [-0.05, 0) is 42.4 Å². The van der Waals surface area contributed by atoms with Crippen molar-refractivity contribution in [2.45, 2.75) is 59.3 Å². The van der Waals surface area contributed by atoms with Crippen LogP contribution in [0.15, 0.2) is 18.2 Å². The molecule has 1 N–H and O–H groups in total. The van der Waals surface area contributed by atoms with Crippen LogP contribution in [0, 0.1) is 12.8 Å². The van der Waals surface area contributed by atoms with Crippen LogP contribution in [-0.4, -0.2) is 26.2 Å². The summed E-state index contributed by atoms with van der Waals surface area (Å²) < 4.78 is 6.01. The minimum Gasteiger partial charge on any atom is -0.493 e. The number of benzene rings is 1. The summed E-state index contributed by atoms with van der Waals surface area (Å²) >= 11 is 0. The van der Waals surface area contributed by atoms with Gasteiger partial charge in [-0.2, -0.15) is 0 Å². The van der Waals surface area contributed by atoms with Gasteiger partial charge in [-0.3, -0.25) is 0 Å². The van der Waals surface area contributed by atoms with Crippen molar-refractivity contribution in [1.29, 1.82) is 0 Å². The molecule has 0 saturated carbocycles. The Morgan fingerprint density at radius 2 is 2.05 bits per heavy atom. The molecule has 1 unspecified atom stereocenters. The van der Waals surface area contributed by atoms with Crippen molar-refractivity contribution < 1.29 is 9.64 Å². The second-order valence-corrected chi connectivity index (χ2v) is 8.13. The molecule has 0 spiro atoms. The Hall–Kier alpha value is -1.02. The number of rotatable bonds is 5. The number of likely N-dealkylation sites (tertiary alicyclic amines) is 1. The van der Waals surface area contributed by atoms with Gasteiger partial charge in [0.15, 0.2) is 0 Å². The molecule has 1 aromatic rings. The molecule has 0 aromatic heterocycles. The summed E-state index contributed by atoms with van der Waals surface area (Å²) in [7, 11) is 0. The monoisotopic (exact) mass is 304 g/mol. The van der Waals surface area contributed by atoms with Crippen LogP contribution in [0.25, 0.3) is 0 Å². The lowest BCUT2D eigenvalue weighted by atomic mass is 9.86. The molecule has 2 rings (SSSR count). The van der Waals surface area contributed by atoms with E-state index < -0.39 is 0 Å². The molecule has 2 heteroatoms. The van der Waals surface area contributed by atoms with Crippen LogP contribution in [0.2, 0.25) is 0 Å². The smallest absolute Gasteiger partial charge is 0.122 e. The molecule has 1 aromatic carbocycles. The van der Waals surface area contributed by atoms with Gasteiger partial charge in [0.1, 0.15) is 5.75 Å². The van der Waals surface area contributed by atoms with Crippen LogP contribution in [0.5, 0.6) is 5.75 Å². The first kappa shape index (κ1) is 17.3. The van der Waals surface area contributed by atoms with Crippen molar-refractivity contribution in [3.8, 4) is 5.75 Å². The minimum absolute atomic E-state index is 0.206. The average Bonchev–Trinajstić information content (AvgIpc) is 2.44. The molecule has 22 heavy (non-hydrogen) atoms. The summed E-state index contributed by atoms with van der Waals surface area (Å²) in [5.41, 5.74) is 2.84. The Labute approximate surface area is 136 Å². The molecule has 1 aliphatic heterocycles. The zero-order valence-electron chi connectivity index (χ0n) is 15.2. The zero-order valence-corrected chi connectivity index (χ0v) is 15.2. The second kappa shape index (κ2) is 7.50. The van der Waals surface area contributed by atoms with Crippen LogP contribution < -0.4 is 9.64 Å². The SMILES string of the molecule is Cc1cc(C(C)(C)C)ccc1OCCC[NH+]1CCC[C@H](C)C1. The van der Waals surface area contributed by atoms with Crippen LogP contribution >= 0.6 is 0 Å². The molecule has 0 bridgehead atoms. The second-order valence-electron chi connectivity index (χ2n) is 8.13. The Morgan fingerprint density at radius 3 is 2.68 bits per heavy atom. The molecule has 0 amide bonds. The predicted molar refractivity (Wildman–Crippen MR) is 94.0 cm³/mol. The first-order valence-corrected chi connectivity index (χ1v) is 8.94. The van der Waals surface area contributed by atoms with Gasteiger partial charge in [0, 0.05) is 12.3 Å². The molecule has 1 saturated heterocycles. The van der Waals surface area contributed by atoms with E-state index in [4.69, 9.17) is 4.74 Å². The lowest BCUT2D eigenvalue weighted by molar-refractivity contribution is -0.908. The summed E-state index contributed by atoms with van der Waals surface area (Å²) in [6, 6.07) is 6.62. The van der Waals surface area contributed by atoms with Crippen molar-refractivity contribution in [2.24, 2.45) is 5.92 Å². The number of aryl methyl sites for hydroxylation is 1. The van der Waals surface area contributed by atoms with Gasteiger partial charge >= 0.3 is 0 Å². The Bertz CT molecular complexity index is 475. The van der Waals surface area contributed by atoms with E-state index in [0.717, 1.165) is 24.7 Å².